The molecule has 0 atom stereocenters. The first kappa shape index (κ1) is 21.7. The Balaban J connectivity index is 1.50. The van der Waals surface area contributed by atoms with E-state index in [1.165, 1.54) is 6.33 Å². The number of methoxy groups -OCH3 is 4. The van der Waals surface area contributed by atoms with Gasteiger partial charge in [0.25, 0.3) is 0 Å². The van der Waals surface area contributed by atoms with Gasteiger partial charge in [-0.05, 0) is 29.8 Å². The topological polar surface area (TPSA) is 128 Å². The van der Waals surface area contributed by atoms with E-state index in [9.17, 15) is 0 Å². The molecular weight excluding hydrogens is 426 g/mol. The summed E-state index contributed by atoms with van der Waals surface area (Å²) >= 11 is 0. The Morgan fingerprint density at radius 1 is 0.758 bits per heavy atom. The van der Waals surface area contributed by atoms with Crippen molar-refractivity contribution in [3.05, 3.63) is 48.8 Å². The van der Waals surface area contributed by atoms with Crippen LogP contribution in [0.3, 0.4) is 0 Å². The molecule has 0 spiro atoms. The fourth-order valence-electron chi connectivity index (χ4n) is 3.12. The molecule has 0 fully saturated rings. The van der Waals surface area contributed by atoms with Crippen molar-refractivity contribution in [2.24, 2.45) is 0 Å². The van der Waals surface area contributed by atoms with E-state index in [1.54, 1.807) is 40.6 Å². The Morgan fingerprint density at radius 2 is 1.42 bits per heavy atom. The molecule has 4 aromatic rings. The summed E-state index contributed by atoms with van der Waals surface area (Å²) in [6.45, 7) is 0. The van der Waals surface area contributed by atoms with Crippen LogP contribution in [-0.4, -0.2) is 53.6 Å². The Bertz CT molecular complexity index is 1200. The van der Waals surface area contributed by atoms with Gasteiger partial charge in [0.1, 0.15) is 12.1 Å². The molecule has 0 saturated heterocycles. The number of aromatic amines is 1. The average Bonchev–Trinajstić information content (AvgIpc) is 3.32. The minimum atomic E-state index is 0.327. The summed E-state index contributed by atoms with van der Waals surface area (Å²) in [6.07, 6.45) is 1.40. The van der Waals surface area contributed by atoms with Crippen molar-refractivity contribution in [2.45, 2.75) is 0 Å². The summed E-state index contributed by atoms with van der Waals surface area (Å²) in [4.78, 5) is 12.7. The molecule has 2 aromatic carbocycles. The number of rotatable bonds is 9. The molecule has 0 amide bonds. The number of hydrogen-bond acceptors (Lipinski definition) is 10. The van der Waals surface area contributed by atoms with Crippen LogP contribution in [0.2, 0.25) is 0 Å². The number of H-pyrrole nitrogens is 1. The Hall–Kier alpha value is -4.54. The van der Waals surface area contributed by atoms with Crippen LogP contribution >= 0.6 is 0 Å². The second kappa shape index (κ2) is 9.73. The van der Waals surface area contributed by atoms with E-state index in [4.69, 9.17) is 18.9 Å². The Labute approximate surface area is 190 Å². The molecule has 0 aliphatic rings. The lowest BCUT2D eigenvalue weighted by atomic mass is 10.1. The fourth-order valence-corrected chi connectivity index (χ4v) is 3.12. The van der Waals surface area contributed by atoms with E-state index < -0.39 is 0 Å². The lowest BCUT2D eigenvalue weighted by Gasteiger charge is -2.14. The monoisotopic (exact) mass is 449 g/mol. The lowest BCUT2D eigenvalue weighted by Crippen LogP contribution is -2.03. The third kappa shape index (κ3) is 4.87. The summed E-state index contributed by atoms with van der Waals surface area (Å²) in [5.41, 5.74) is 2.46. The van der Waals surface area contributed by atoms with Gasteiger partial charge in [-0.2, -0.15) is 10.1 Å². The smallest absolute Gasteiger partial charge is 0.233 e. The zero-order chi connectivity index (χ0) is 23.2. The third-order valence-corrected chi connectivity index (χ3v) is 4.71. The number of benzene rings is 2. The molecule has 0 aliphatic heterocycles. The normalized spacial score (nSPS) is 10.4. The van der Waals surface area contributed by atoms with Crippen molar-refractivity contribution in [3.63, 3.8) is 0 Å². The van der Waals surface area contributed by atoms with E-state index in [0.717, 1.165) is 17.0 Å². The summed E-state index contributed by atoms with van der Waals surface area (Å²) in [5.74, 6) is 3.51. The second-order valence-corrected chi connectivity index (χ2v) is 6.69. The number of nitrogens with zero attached hydrogens (tertiary/aromatic N) is 4. The molecule has 0 bridgehead atoms. The minimum absolute atomic E-state index is 0.327. The molecule has 3 N–H and O–H groups in total. The van der Waals surface area contributed by atoms with Crippen molar-refractivity contribution >= 4 is 23.4 Å². The summed E-state index contributed by atoms with van der Waals surface area (Å²) in [6, 6.07) is 13.0. The second-order valence-electron chi connectivity index (χ2n) is 6.69. The molecule has 0 radical (unpaired) electrons. The van der Waals surface area contributed by atoms with Crippen LogP contribution in [0.1, 0.15) is 0 Å². The van der Waals surface area contributed by atoms with Gasteiger partial charge in [-0.1, -0.05) is 0 Å². The number of ether oxygens (including phenoxy) is 4. The molecular formula is C22H23N7O4. The summed E-state index contributed by atoms with van der Waals surface area (Å²) in [7, 11) is 6.28. The fraction of sp³-hybridized carbons (Fsp3) is 0.182. The molecule has 11 nitrogen and oxygen atoms in total. The first-order valence-electron chi connectivity index (χ1n) is 9.86. The van der Waals surface area contributed by atoms with Gasteiger partial charge in [-0.15, -0.1) is 0 Å². The molecule has 0 aliphatic carbocycles. The first-order chi connectivity index (χ1) is 16.1. The van der Waals surface area contributed by atoms with Crippen molar-refractivity contribution in [1.29, 1.82) is 0 Å². The van der Waals surface area contributed by atoms with Gasteiger partial charge in [0.05, 0.1) is 34.1 Å². The highest BCUT2D eigenvalue weighted by Crippen LogP contribution is 2.40. The highest BCUT2D eigenvalue weighted by atomic mass is 16.5. The van der Waals surface area contributed by atoms with Crippen LogP contribution in [0.15, 0.2) is 48.8 Å². The molecule has 0 unspecified atom stereocenters. The number of nitrogens with one attached hydrogen (secondary N) is 3. The van der Waals surface area contributed by atoms with Crippen molar-refractivity contribution in [2.75, 3.05) is 39.1 Å². The third-order valence-electron chi connectivity index (χ3n) is 4.71. The maximum Gasteiger partial charge on any atom is 0.233 e. The molecule has 4 rings (SSSR count). The van der Waals surface area contributed by atoms with Crippen LogP contribution in [0.4, 0.5) is 23.4 Å². The molecule has 2 heterocycles. The van der Waals surface area contributed by atoms with E-state index in [-0.39, 0.29) is 0 Å². The molecule has 33 heavy (non-hydrogen) atoms. The number of aromatic nitrogens is 5. The van der Waals surface area contributed by atoms with Gasteiger partial charge >= 0.3 is 0 Å². The van der Waals surface area contributed by atoms with Crippen LogP contribution in [-0.2, 0) is 0 Å². The SMILES string of the molecule is COc1ccc(-c2cc(Nc3ncnc(Nc4cc(OC)c(OC)c(OC)c4)n3)n[nH]2)cc1. The number of hydrogen-bond donors (Lipinski definition) is 3. The van der Waals surface area contributed by atoms with Crippen LogP contribution in [0.5, 0.6) is 23.0 Å². The first-order valence-corrected chi connectivity index (χ1v) is 9.86. The zero-order valence-electron chi connectivity index (χ0n) is 18.5. The van der Waals surface area contributed by atoms with Gasteiger partial charge in [0.15, 0.2) is 17.3 Å². The van der Waals surface area contributed by atoms with Crippen LogP contribution in [0, 0.1) is 0 Å². The highest BCUT2D eigenvalue weighted by Gasteiger charge is 2.14. The quantitative estimate of drug-likeness (QED) is 0.347. The minimum Gasteiger partial charge on any atom is -0.497 e. The average molecular weight is 449 g/mol. The van der Waals surface area contributed by atoms with Gasteiger partial charge in [-0.3, -0.25) is 5.10 Å². The standard InChI is InChI=1S/C22H23N7O4/c1-30-15-7-5-13(6-8-15)16-11-19(29-28-16)26-22-24-12-23-21(27-22)25-14-9-17(31-2)20(33-4)18(10-14)32-3/h5-12H,1-4H3,(H3,23,24,25,26,27,28,29). The van der Waals surface area contributed by atoms with Gasteiger partial charge < -0.3 is 29.6 Å². The Kier molecular flexibility index (Phi) is 6.39. The van der Waals surface area contributed by atoms with Gasteiger partial charge in [0.2, 0.25) is 17.6 Å². The lowest BCUT2D eigenvalue weighted by molar-refractivity contribution is 0.324. The zero-order valence-corrected chi connectivity index (χ0v) is 18.5. The largest absolute Gasteiger partial charge is 0.497 e. The molecule has 11 heteroatoms. The van der Waals surface area contributed by atoms with Crippen molar-refractivity contribution in [3.8, 4) is 34.3 Å². The van der Waals surface area contributed by atoms with Crippen LogP contribution < -0.4 is 29.6 Å². The highest BCUT2D eigenvalue weighted by molar-refractivity contribution is 5.67. The van der Waals surface area contributed by atoms with Crippen molar-refractivity contribution < 1.29 is 18.9 Å². The van der Waals surface area contributed by atoms with E-state index >= 15 is 0 Å². The molecule has 0 saturated carbocycles. The molecule has 2 aromatic heterocycles. The van der Waals surface area contributed by atoms with Gasteiger partial charge in [0, 0.05) is 23.9 Å². The predicted octanol–water partition coefficient (Wildman–Crippen LogP) is 3.78. The van der Waals surface area contributed by atoms with E-state index in [0.29, 0.717) is 40.7 Å². The number of anilines is 4. The Morgan fingerprint density at radius 3 is 2.03 bits per heavy atom. The summed E-state index contributed by atoms with van der Waals surface area (Å²) < 4.78 is 21.3. The van der Waals surface area contributed by atoms with E-state index in [1.807, 2.05) is 30.3 Å². The maximum absolute atomic E-state index is 5.38. The molecule has 170 valence electrons. The summed E-state index contributed by atoms with van der Waals surface area (Å²) in [5, 5.41) is 13.4. The van der Waals surface area contributed by atoms with Crippen molar-refractivity contribution in [1.82, 2.24) is 25.1 Å². The predicted molar refractivity (Wildman–Crippen MR) is 123 cm³/mol. The maximum atomic E-state index is 5.38. The van der Waals surface area contributed by atoms with Crippen LogP contribution in [0.25, 0.3) is 11.3 Å². The van der Waals surface area contributed by atoms with E-state index in [2.05, 4.69) is 35.8 Å². The van der Waals surface area contributed by atoms with Gasteiger partial charge in [-0.25, -0.2) is 9.97 Å².